The van der Waals surface area contributed by atoms with Crippen LogP contribution in [-0.4, -0.2) is 27.8 Å². The Hall–Kier alpha value is -2.18. The van der Waals surface area contributed by atoms with E-state index in [0.717, 1.165) is 45.8 Å². The summed E-state index contributed by atoms with van der Waals surface area (Å²) in [5.41, 5.74) is 12.1. The summed E-state index contributed by atoms with van der Waals surface area (Å²) in [5, 5.41) is 5.95. The van der Waals surface area contributed by atoms with E-state index in [2.05, 4.69) is 6.08 Å². The van der Waals surface area contributed by atoms with Crippen LogP contribution in [0.25, 0.3) is 22.5 Å². The molecule has 0 radical (unpaired) electrons. The van der Waals surface area contributed by atoms with E-state index in [9.17, 15) is 0 Å². The molecule has 1 atom stereocenters. The lowest BCUT2D eigenvalue weighted by Crippen LogP contribution is -2.10. The van der Waals surface area contributed by atoms with E-state index in [4.69, 9.17) is 43.8 Å². The maximum Gasteiger partial charge on any atom is 0.156 e. The molecule has 28 heavy (non-hydrogen) atoms. The van der Waals surface area contributed by atoms with Crippen molar-refractivity contribution in [2.45, 2.75) is 26.0 Å². The predicted octanol–water partition coefficient (Wildman–Crippen LogP) is 4.83. The maximum atomic E-state index is 6.51. The van der Waals surface area contributed by atoms with Crippen molar-refractivity contribution in [3.8, 4) is 11.3 Å². The molecule has 2 N–H and O–H groups in total. The highest BCUT2D eigenvalue weighted by molar-refractivity contribution is 6.36. The first-order valence-electron chi connectivity index (χ1n) is 8.98. The third-order valence-corrected chi connectivity index (χ3v) is 5.50. The number of rotatable bonds is 4. The smallest absolute Gasteiger partial charge is 0.156 e. The van der Waals surface area contributed by atoms with Gasteiger partial charge in [-0.3, -0.25) is 0 Å². The zero-order chi connectivity index (χ0) is 19.8. The Morgan fingerprint density at radius 2 is 2.11 bits per heavy atom. The monoisotopic (exact) mass is 414 g/mol. The first kappa shape index (κ1) is 19.2. The molecular weight excluding hydrogens is 395 g/mol. The van der Waals surface area contributed by atoms with Gasteiger partial charge in [-0.1, -0.05) is 41.4 Å². The standard InChI is InChI=1S/C21H20Cl2N4O/c1-12-17(11-24)21(16-8-5-14(22)9-18(16)23)27-20(25-12)10-19(26-27)13-3-6-15(28-2)7-4-13/h3-6,8-10,15H,7,11,24H2,1-2H3. The lowest BCUT2D eigenvalue weighted by Gasteiger charge is -2.14. The van der Waals surface area contributed by atoms with Gasteiger partial charge < -0.3 is 10.5 Å². The van der Waals surface area contributed by atoms with Gasteiger partial charge in [0.15, 0.2) is 5.65 Å². The molecule has 1 aromatic carbocycles. The van der Waals surface area contributed by atoms with E-state index >= 15 is 0 Å². The summed E-state index contributed by atoms with van der Waals surface area (Å²) >= 11 is 12.6. The molecule has 1 unspecified atom stereocenters. The number of methoxy groups -OCH3 is 1. The summed E-state index contributed by atoms with van der Waals surface area (Å²) in [6.45, 7) is 2.28. The zero-order valence-electron chi connectivity index (χ0n) is 15.6. The van der Waals surface area contributed by atoms with E-state index < -0.39 is 0 Å². The number of allylic oxidation sites excluding steroid dienone is 2. The van der Waals surface area contributed by atoms with Crippen molar-refractivity contribution >= 4 is 34.4 Å². The van der Waals surface area contributed by atoms with Gasteiger partial charge in [0.2, 0.25) is 0 Å². The van der Waals surface area contributed by atoms with Crippen LogP contribution in [-0.2, 0) is 11.3 Å². The molecule has 7 heteroatoms. The zero-order valence-corrected chi connectivity index (χ0v) is 17.1. The molecule has 144 valence electrons. The van der Waals surface area contributed by atoms with E-state index in [0.29, 0.717) is 16.6 Å². The number of aryl methyl sites for hydroxylation is 1. The Kier molecular flexibility index (Phi) is 5.25. The van der Waals surface area contributed by atoms with Gasteiger partial charge in [0, 0.05) is 41.6 Å². The SMILES string of the molecule is COC1C=CC(c2cc3nc(C)c(CN)c(-c4ccc(Cl)cc4Cl)n3n2)=CC1. The van der Waals surface area contributed by atoms with Crippen LogP contribution in [0.2, 0.25) is 10.0 Å². The van der Waals surface area contributed by atoms with Crippen LogP contribution in [0, 0.1) is 6.92 Å². The van der Waals surface area contributed by atoms with Gasteiger partial charge in [0.25, 0.3) is 0 Å². The van der Waals surface area contributed by atoms with E-state index in [1.165, 1.54) is 0 Å². The molecular formula is C21H20Cl2N4O. The van der Waals surface area contributed by atoms with E-state index in [1.54, 1.807) is 13.2 Å². The molecule has 3 aromatic rings. The van der Waals surface area contributed by atoms with Crippen molar-refractivity contribution in [1.82, 2.24) is 14.6 Å². The average Bonchev–Trinajstić information content (AvgIpc) is 3.11. The summed E-state index contributed by atoms with van der Waals surface area (Å²) in [7, 11) is 1.71. The van der Waals surface area contributed by atoms with Gasteiger partial charge in [0.05, 0.1) is 22.5 Å². The molecule has 1 aliphatic carbocycles. The highest BCUT2D eigenvalue weighted by atomic mass is 35.5. The molecule has 2 heterocycles. The van der Waals surface area contributed by atoms with Gasteiger partial charge in [0.1, 0.15) is 0 Å². The highest BCUT2D eigenvalue weighted by Crippen LogP contribution is 2.34. The third kappa shape index (κ3) is 3.35. The number of hydrogen-bond acceptors (Lipinski definition) is 4. The van der Waals surface area contributed by atoms with Crippen LogP contribution in [0.5, 0.6) is 0 Å². The van der Waals surface area contributed by atoms with Crippen molar-refractivity contribution in [2.75, 3.05) is 7.11 Å². The molecule has 2 aromatic heterocycles. The van der Waals surface area contributed by atoms with Crippen LogP contribution in [0.1, 0.15) is 23.4 Å². The second-order valence-electron chi connectivity index (χ2n) is 6.68. The van der Waals surface area contributed by atoms with Crippen LogP contribution < -0.4 is 5.73 Å². The Morgan fingerprint density at radius 3 is 2.75 bits per heavy atom. The van der Waals surface area contributed by atoms with Gasteiger partial charge in [-0.2, -0.15) is 5.10 Å². The molecule has 0 amide bonds. The molecule has 0 fully saturated rings. The minimum Gasteiger partial charge on any atom is -0.377 e. The van der Waals surface area contributed by atoms with Gasteiger partial charge in [-0.25, -0.2) is 9.50 Å². The molecule has 0 aliphatic heterocycles. The fraction of sp³-hybridized carbons (Fsp3) is 0.238. The highest BCUT2D eigenvalue weighted by Gasteiger charge is 2.19. The fourth-order valence-corrected chi connectivity index (χ4v) is 3.96. The largest absolute Gasteiger partial charge is 0.377 e. The minimum atomic E-state index is 0.105. The third-order valence-electron chi connectivity index (χ3n) is 4.96. The first-order chi connectivity index (χ1) is 13.5. The second kappa shape index (κ2) is 7.68. The topological polar surface area (TPSA) is 65.4 Å². The lowest BCUT2D eigenvalue weighted by atomic mass is 10.0. The van der Waals surface area contributed by atoms with Crippen molar-refractivity contribution in [3.05, 3.63) is 69.5 Å². The van der Waals surface area contributed by atoms with Crippen molar-refractivity contribution in [2.24, 2.45) is 5.73 Å². The van der Waals surface area contributed by atoms with Gasteiger partial charge in [-0.15, -0.1) is 0 Å². The predicted molar refractivity (Wildman–Crippen MR) is 114 cm³/mol. The normalized spacial score (nSPS) is 16.6. The molecule has 0 saturated carbocycles. The van der Waals surface area contributed by atoms with Crippen LogP contribution >= 0.6 is 23.2 Å². The number of ether oxygens (including phenoxy) is 1. The molecule has 5 nitrogen and oxygen atoms in total. The minimum absolute atomic E-state index is 0.105. The average molecular weight is 415 g/mol. The van der Waals surface area contributed by atoms with Crippen molar-refractivity contribution in [3.63, 3.8) is 0 Å². The number of nitrogens with zero attached hydrogens (tertiary/aromatic N) is 3. The summed E-state index contributed by atoms with van der Waals surface area (Å²) in [4.78, 5) is 4.70. The molecule has 0 bridgehead atoms. The number of halogens is 2. The molecule has 1 aliphatic rings. The maximum absolute atomic E-state index is 6.51. The number of benzene rings is 1. The Morgan fingerprint density at radius 1 is 1.29 bits per heavy atom. The van der Waals surface area contributed by atoms with Crippen LogP contribution in [0.3, 0.4) is 0 Å². The van der Waals surface area contributed by atoms with E-state index in [-0.39, 0.29) is 6.10 Å². The fourth-order valence-electron chi connectivity index (χ4n) is 3.46. The number of hydrogen-bond donors (Lipinski definition) is 1. The van der Waals surface area contributed by atoms with Crippen LogP contribution in [0.4, 0.5) is 0 Å². The molecule has 0 saturated heterocycles. The molecule has 4 rings (SSSR count). The Bertz CT molecular complexity index is 1120. The number of fused-ring (bicyclic) bond motifs is 1. The summed E-state index contributed by atoms with van der Waals surface area (Å²) in [5.74, 6) is 0. The quantitative estimate of drug-likeness (QED) is 0.663. The summed E-state index contributed by atoms with van der Waals surface area (Å²) < 4.78 is 7.19. The second-order valence-corrected chi connectivity index (χ2v) is 7.52. The number of nitrogens with two attached hydrogens (primary N) is 1. The van der Waals surface area contributed by atoms with Crippen molar-refractivity contribution < 1.29 is 4.74 Å². The first-order valence-corrected chi connectivity index (χ1v) is 9.73. The van der Waals surface area contributed by atoms with Gasteiger partial charge in [-0.05, 0) is 37.1 Å². The Balaban J connectivity index is 1.92. The Labute approximate surface area is 173 Å². The van der Waals surface area contributed by atoms with E-state index in [1.807, 2.05) is 41.8 Å². The van der Waals surface area contributed by atoms with Crippen molar-refractivity contribution in [1.29, 1.82) is 0 Å². The molecule has 0 spiro atoms. The summed E-state index contributed by atoms with van der Waals surface area (Å²) in [6.07, 6.45) is 7.12. The lowest BCUT2D eigenvalue weighted by molar-refractivity contribution is 0.143. The summed E-state index contributed by atoms with van der Waals surface area (Å²) in [6, 6.07) is 7.40. The number of aromatic nitrogens is 3. The van der Waals surface area contributed by atoms with Gasteiger partial charge >= 0.3 is 0 Å². The van der Waals surface area contributed by atoms with Crippen LogP contribution in [0.15, 0.2) is 42.5 Å².